The highest BCUT2D eigenvalue weighted by Crippen LogP contribution is 2.33. The molecule has 0 aliphatic heterocycles. The Labute approximate surface area is 178 Å². The molecule has 0 aliphatic rings. The second-order valence-corrected chi connectivity index (χ2v) is 8.54. The molecule has 0 aliphatic carbocycles. The Morgan fingerprint density at radius 2 is 1.23 bits per heavy atom. The highest BCUT2D eigenvalue weighted by atomic mass is 14.8. The van der Waals surface area contributed by atoms with Gasteiger partial charge in [-0.1, -0.05) is 82.3 Å². The molecular formula is C27H27N3. The first-order valence-corrected chi connectivity index (χ1v) is 10.4. The summed E-state index contributed by atoms with van der Waals surface area (Å²) in [5, 5.41) is 0. The predicted octanol–water partition coefficient (Wildman–Crippen LogP) is 6.65. The Balaban J connectivity index is 1.57. The molecule has 0 N–H and O–H groups in total. The first kappa shape index (κ1) is 20.0. The summed E-state index contributed by atoms with van der Waals surface area (Å²) in [7, 11) is 0. The number of hydrogen-bond donors (Lipinski definition) is 0. The molecule has 2 aromatic heterocycles. The monoisotopic (exact) mass is 393 g/mol. The molecule has 0 radical (unpaired) electrons. The summed E-state index contributed by atoms with van der Waals surface area (Å²) >= 11 is 0. The Bertz CT molecular complexity index is 1100. The lowest BCUT2D eigenvalue weighted by Crippen LogP contribution is -2.19. The minimum absolute atomic E-state index is 0.140. The van der Waals surface area contributed by atoms with Crippen LogP contribution in [0.5, 0.6) is 0 Å². The largest absolute Gasteiger partial charge is 0.256 e. The molecule has 3 nitrogen and oxygen atoms in total. The summed E-state index contributed by atoms with van der Waals surface area (Å²) in [6.07, 6.45) is 7.23. The van der Waals surface area contributed by atoms with Gasteiger partial charge in [0.25, 0.3) is 0 Å². The van der Waals surface area contributed by atoms with Gasteiger partial charge in [-0.25, -0.2) is 9.97 Å². The van der Waals surface area contributed by atoms with Gasteiger partial charge in [0.05, 0.1) is 5.69 Å². The first-order chi connectivity index (χ1) is 14.4. The fraction of sp³-hybridized carbons (Fsp3) is 0.222. The van der Waals surface area contributed by atoms with E-state index < -0.39 is 0 Å². The highest BCUT2D eigenvalue weighted by Gasteiger charge is 2.23. The lowest BCUT2D eigenvalue weighted by Gasteiger charge is -2.26. The zero-order valence-electron chi connectivity index (χ0n) is 18.0. The van der Waals surface area contributed by atoms with Gasteiger partial charge in [0, 0.05) is 35.1 Å². The summed E-state index contributed by atoms with van der Waals surface area (Å²) in [6.45, 7) is 8.90. The number of rotatable bonds is 5. The molecule has 4 aromatic rings. The molecular weight excluding hydrogens is 366 g/mol. The van der Waals surface area contributed by atoms with Crippen LogP contribution in [-0.4, -0.2) is 15.0 Å². The van der Waals surface area contributed by atoms with Crippen molar-refractivity contribution >= 4 is 0 Å². The summed E-state index contributed by atoms with van der Waals surface area (Å²) in [6, 6.07) is 21.7. The van der Waals surface area contributed by atoms with Crippen LogP contribution in [0.1, 0.15) is 50.3 Å². The summed E-state index contributed by atoms with van der Waals surface area (Å²) in [5.41, 5.74) is 7.95. The minimum atomic E-state index is -0.140. The van der Waals surface area contributed by atoms with E-state index in [4.69, 9.17) is 4.98 Å². The van der Waals surface area contributed by atoms with Crippen LogP contribution in [0, 0.1) is 0 Å². The fourth-order valence-electron chi connectivity index (χ4n) is 3.67. The molecule has 0 unspecified atom stereocenters. The first-order valence-electron chi connectivity index (χ1n) is 10.4. The Kier molecular flexibility index (Phi) is 5.45. The molecule has 0 saturated heterocycles. The van der Waals surface area contributed by atoms with Crippen LogP contribution in [0.4, 0.5) is 0 Å². The number of benzene rings is 2. The van der Waals surface area contributed by atoms with E-state index in [0.29, 0.717) is 5.92 Å². The molecule has 2 heterocycles. The number of nitrogens with zero attached hydrogens (tertiary/aromatic N) is 3. The van der Waals surface area contributed by atoms with E-state index >= 15 is 0 Å². The third-order valence-corrected chi connectivity index (χ3v) is 5.86. The maximum atomic E-state index is 4.76. The van der Waals surface area contributed by atoms with Crippen molar-refractivity contribution in [3.63, 3.8) is 0 Å². The quantitative estimate of drug-likeness (QED) is 0.381. The van der Waals surface area contributed by atoms with Crippen LogP contribution < -0.4 is 0 Å². The highest BCUT2D eigenvalue weighted by molar-refractivity contribution is 5.63. The van der Waals surface area contributed by atoms with Gasteiger partial charge >= 0.3 is 0 Å². The van der Waals surface area contributed by atoms with Crippen molar-refractivity contribution < 1.29 is 0 Å². The van der Waals surface area contributed by atoms with Gasteiger partial charge in [-0.3, -0.25) is 4.98 Å². The summed E-state index contributed by atoms with van der Waals surface area (Å²) in [5.74, 6) is 0.538. The molecule has 0 atom stereocenters. The molecule has 0 bridgehead atoms. The summed E-state index contributed by atoms with van der Waals surface area (Å²) in [4.78, 5) is 13.0. The third kappa shape index (κ3) is 4.02. The van der Waals surface area contributed by atoms with E-state index in [1.807, 2.05) is 18.6 Å². The molecule has 0 saturated carbocycles. The predicted molar refractivity (Wildman–Crippen MR) is 123 cm³/mol. The van der Waals surface area contributed by atoms with Gasteiger partial charge in [-0.15, -0.1) is 0 Å². The molecule has 3 heteroatoms. The number of aromatic nitrogens is 3. The second kappa shape index (κ2) is 8.19. The average Bonchev–Trinajstić information content (AvgIpc) is 2.80. The maximum Gasteiger partial charge on any atom is 0.115 e. The van der Waals surface area contributed by atoms with E-state index in [2.05, 4.69) is 98.3 Å². The van der Waals surface area contributed by atoms with Crippen molar-refractivity contribution in [2.75, 3.05) is 0 Å². The van der Waals surface area contributed by atoms with E-state index in [9.17, 15) is 0 Å². The van der Waals surface area contributed by atoms with Crippen LogP contribution in [0.3, 0.4) is 0 Å². The SMILES string of the molecule is CC(C)c1ccc(-c2ccc(C(C)(C)c3ccc(-c4cncnc4)cc3)cn2)cc1. The number of pyridine rings is 1. The molecule has 2 aromatic carbocycles. The lowest BCUT2D eigenvalue weighted by molar-refractivity contribution is 0.638. The maximum absolute atomic E-state index is 4.76. The molecule has 30 heavy (non-hydrogen) atoms. The van der Waals surface area contributed by atoms with Gasteiger partial charge in [-0.05, 0) is 34.2 Å². The normalized spacial score (nSPS) is 11.6. The fourth-order valence-corrected chi connectivity index (χ4v) is 3.67. The Morgan fingerprint density at radius 1 is 0.633 bits per heavy atom. The third-order valence-electron chi connectivity index (χ3n) is 5.86. The van der Waals surface area contributed by atoms with Gasteiger partial charge in [0.1, 0.15) is 6.33 Å². The van der Waals surface area contributed by atoms with E-state index in [-0.39, 0.29) is 5.41 Å². The van der Waals surface area contributed by atoms with Crippen molar-refractivity contribution in [2.24, 2.45) is 0 Å². The van der Waals surface area contributed by atoms with E-state index in [1.54, 1.807) is 6.33 Å². The van der Waals surface area contributed by atoms with Crippen molar-refractivity contribution in [3.8, 4) is 22.4 Å². The summed E-state index contributed by atoms with van der Waals surface area (Å²) < 4.78 is 0. The standard InChI is InChI=1S/C27H27N3/c1-19(2)20-5-7-22(8-6-20)26-14-13-25(17-30-26)27(3,4)24-11-9-21(10-12-24)23-15-28-18-29-16-23/h5-19H,1-4H3. The Hall–Kier alpha value is -3.33. The van der Waals surface area contributed by atoms with Crippen LogP contribution in [0.25, 0.3) is 22.4 Å². The van der Waals surface area contributed by atoms with Crippen molar-refractivity contribution in [2.45, 2.75) is 39.0 Å². The van der Waals surface area contributed by atoms with Crippen LogP contribution >= 0.6 is 0 Å². The van der Waals surface area contributed by atoms with Crippen LogP contribution in [-0.2, 0) is 5.41 Å². The van der Waals surface area contributed by atoms with Crippen molar-refractivity contribution in [1.29, 1.82) is 0 Å². The molecule has 0 fully saturated rings. The van der Waals surface area contributed by atoms with Gasteiger partial charge in [0.15, 0.2) is 0 Å². The number of hydrogen-bond acceptors (Lipinski definition) is 3. The molecule has 0 amide bonds. The topological polar surface area (TPSA) is 38.7 Å². The van der Waals surface area contributed by atoms with Crippen molar-refractivity contribution in [3.05, 3.63) is 102 Å². The average molecular weight is 394 g/mol. The zero-order valence-corrected chi connectivity index (χ0v) is 18.0. The van der Waals surface area contributed by atoms with Crippen LogP contribution in [0.15, 0.2) is 85.6 Å². The van der Waals surface area contributed by atoms with Crippen LogP contribution in [0.2, 0.25) is 0 Å². The zero-order chi connectivity index (χ0) is 21.1. The smallest absolute Gasteiger partial charge is 0.115 e. The van der Waals surface area contributed by atoms with Crippen molar-refractivity contribution in [1.82, 2.24) is 15.0 Å². The van der Waals surface area contributed by atoms with Gasteiger partial charge < -0.3 is 0 Å². The van der Waals surface area contributed by atoms with E-state index in [1.165, 1.54) is 16.7 Å². The second-order valence-electron chi connectivity index (χ2n) is 8.54. The van der Waals surface area contributed by atoms with E-state index in [0.717, 1.165) is 22.4 Å². The minimum Gasteiger partial charge on any atom is -0.256 e. The van der Waals surface area contributed by atoms with Gasteiger partial charge in [0.2, 0.25) is 0 Å². The Morgan fingerprint density at radius 3 is 1.80 bits per heavy atom. The molecule has 4 rings (SSSR count). The molecule has 150 valence electrons. The van der Waals surface area contributed by atoms with Gasteiger partial charge in [-0.2, -0.15) is 0 Å². The molecule has 0 spiro atoms. The lowest BCUT2D eigenvalue weighted by atomic mass is 9.78.